The van der Waals surface area contributed by atoms with Gasteiger partial charge in [-0.05, 0) is 12.8 Å². The monoisotopic (exact) mass is 185 g/mol. The van der Waals surface area contributed by atoms with E-state index in [1.165, 1.54) is 32.4 Å². The van der Waals surface area contributed by atoms with Gasteiger partial charge in [-0.1, -0.05) is 6.42 Å². The van der Waals surface area contributed by atoms with Crippen LogP contribution in [-0.4, -0.2) is 49.4 Å². The maximum atomic E-state index is 5.29. The van der Waals surface area contributed by atoms with E-state index in [0.29, 0.717) is 0 Å². The van der Waals surface area contributed by atoms with Gasteiger partial charge in [0.15, 0.2) is 0 Å². The predicted molar refractivity (Wildman–Crippen MR) is 51.0 cm³/mol. The molecule has 0 atom stereocenters. The molecule has 2 fully saturated rings. The standard InChI is InChI=1S/C9H19N3O/c1-2-4-11(5-3-1)10-12-6-8-13-9-7-12/h10H,1-9H2. The fourth-order valence-corrected chi connectivity index (χ4v) is 1.86. The fourth-order valence-electron chi connectivity index (χ4n) is 1.86. The van der Waals surface area contributed by atoms with Gasteiger partial charge in [0, 0.05) is 26.2 Å². The van der Waals surface area contributed by atoms with E-state index in [4.69, 9.17) is 4.74 Å². The first-order valence-electron chi connectivity index (χ1n) is 5.29. The zero-order valence-corrected chi connectivity index (χ0v) is 8.17. The first kappa shape index (κ1) is 9.40. The van der Waals surface area contributed by atoms with E-state index in [2.05, 4.69) is 15.6 Å². The van der Waals surface area contributed by atoms with Crippen LogP contribution in [0.1, 0.15) is 19.3 Å². The van der Waals surface area contributed by atoms with E-state index >= 15 is 0 Å². The quantitative estimate of drug-likeness (QED) is 0.666. The van der Waals surface area contributed by atoms with Gasteiger partial charge in [0.25, 0.3) is 0 Å². The van der Waals surface area contributed by atoms with Crippen LogP contribution < -0.4 is 5.53 Å². The van der Waals surface area contributed by atoms with Gasteiger partial charge in [-0.15, -0.1) is 0 Å². The number of hydrogen-bond donors (Lipinski definition) is 1. The van der Waals surface area contributed by atoms with Gasteiger partial charge in [-0.3, -0.25) is 0 Å². The van der Waals surface area contributed by atoms with Gasteiger partial charge in [0.05, 0.1) is 13.2 Å². The molecule has 2 aliphatic rings. The molecule has 0 saturated carbocycles. The molecule has 0 unspecified atom stereocenters. The van der Waals surface area contributed by atoms with Gasteiger partial charge in [-0.2, -0.15) is 5.53 Å². The van der Waals surface area contributed by atoms with Crippen molar-refractivity contribution >= 4 is 0 Å². The summed E-state index contributed by atoms with van der Waals surface area (Å²) in [5, 5.41) is 4.59. The summed E-state index contributed by atoms with van der Waals surface area (Å²) in [5.41, 5.74) is 3.44. The van der Waals surface area contributed by atoms with Crippen molar-refractivity contribution in [2.45, 2.75) is 19.3 Å². The number of nitrogens with zero attached hydrogens (tertiary/aromatic N) is 2. The van der Waals surface area contributed by atoms with Crippen LogP contribution in [0.4, 0.5) is 0 Å². The molecule has 4 nitrogen and oxygen atoms in total. The normalized spacial score (nSPS) is 27.7. The van der Waals surface area contributed by atoms with Crippen LogP contribution in [0.2, 0.25) is 0 Å². The molecule has 0 amide bonds. The van der Waals surface area contributed by atoms with Gasteiger partial charge in [0.2, 0.25) is 0 Å². The molecule has 2 aliphatic heterocycles. The van der Waals surface area contributed by atoms with Gasteiger partial charge in [0.1, 0.15) is 0 Å². The van der Waals surface area contributed by atoms with Crippen LogP contribution >= 0.6 is 0 Å². The van der Waals surface area contributed by atoms with Gasteiger partial charge >= 0.3 is 0 Å². The minimum Gasteiger partial charge on any atom is -0.379 e. The van der Waals surface area contributed by atoms with Crippen LogP contribution in [0.5, 0.6) is 0 Å². The van der Waals surface area contributed by atoms with E-state index in [-0.39, 0.29) is 0 Å². The maximum absolute atomic E-state index is 5.29. The molecule has 4 heteroatoms. The number of ether oxygens (including phenoxy) is 1. The Bertz CT molecular complexity index is 126. The van der Waals surface area contributed by atoms with Crippen LogP contribution in [0.25, 0.3) is 0 Å². The Morgan fingerprint density at radius 2 is 1.38 bits per heavy atom. The summed E-state index contributed by atoms with van der Waals surface area (Å²) in [5.74, 6) is 0. The summed E-state index contributed by atoms with van der Waals surface area (Å²) in [7, 11) is 0. The average molecular weight is 185 g/mol. The Hall–Kier alpha value is -0.160. The van der Waals surface area contributed by atoms with Crippen molar-refractivity contribution in [3.8, 4) is 0 Å². The largest absolute Gasteiger partial charge is 0.379 e. The van der Waals surface area contributed by atoms with Crippen LogP contribution in [0.15, 0.2) is 0 Å². The van der Waals surface area contributed by atoms with E-state index in [1.54, 1.807) is 0 Å². The van der Waals surface area contributed by atoms with Crippen molar-refractivity contribution in [3.05, 3.63) is 0 Å². The van der Waals surface area contributed by atoms with Crippen molar-refractivity contribution in [3.63, 3.8) is 0 Å². The summed E-state index contributed by atoms with van der Waals surface area (Å²) in [6.07, 6.45) is 4.05. The topological polar surface area (TPSA) is 27.7 Å². The first-order chi connectivity index (χ1) is 6.45. The highest BCUT2D eigenvalue weighted by molar-refractivity contribution is 4.62. The second-order valence-electron chi connectivity index (χ2n) is 3.75. The molecule has 0 aliphatic carbocycles. The molecule has 0 radical (unpaired) electrons. The molecule has 0 bridgehead atoms. The zero-order valence-electron chi connectivity index (χ0n) is 8.17. The third-order valence-corrected chi connectivity index (χ3v) is 2.65. The SMILES string of the molecule is C1CCN(NN2CCOCC2)CC1. The van der Waals surface area contributed by atoms with Crippen molar-refractivity contribution < 1.29 is 4.74 Å². The molecule has 76 valence electrons. The zero-order chi connectivity index (χ0) is 8.93. The van der Waals surface area contributed by atoms with Crippen molar-refractivity contribution in [1.82, 2.24) is 15.6 Å². The lowest BCUT2D eigenvalue weighted by Gasteiger charge is -2.35. The van der Waals surface area contributed by atoms with E-state index in [0.717, 1.165) is 26.3 Å². The average Bonchev–Trinajstić information content (AvgIpc) is 2.21. The highest BCUT2D eigenvalue weighted by atomic mass is 16.5. The van der Waals surface area contributed by atoms with Crippen molar-refractivity contribution in [2.75, 3.05) is 39.4 Å². The van der Waals surface area contributed by atoms with E-state index in [9.17, 15) is 0 Å². The van der Waals surface area contributed by atoms with E-state index < -0.39 is 0 Å². The molecule has 13 heavy (non-hydrogen) atoms. The smallest absolute Gasteiger partial charge is 0.0608 e. The summed E-state index contributed by atoms with van der Waals surface area (Å²) in [4.78, 5) is 0. The summed E-state index contributed by atoms with van der Waals surface area (Å²) in [6, 6.07) is 0. The molecular formula is C9H19N3O. The molecule has 2 rings (SSSR count). The third kappa shape index (κ3) is 2.91. The first-order valence-corrected chi connectivity index (χ1v) is 5.29. The minimum atomic E-state index is 0.862. The third-order valence-electron chi connectivity index (χ3n) is 2.65. The molecule has 0 spiro atoms. The lowest BCUT2D eigenvalue weighted by molar-refractivity contribution is -0.0526. The summed E-state index contributed by atoms with van der Waals surface area (Å²) >= 11 is 0. The molecule has 1 N–H and O–H groups in total. The number of hydrazine groups is 2. The molecular weight excluding hydrogens is 166 g/mol. The number of nitrogens with one attached hydrogen (secondary N) is 1. The lowest BCUT2D eigenvalue weighted by atomic mass is 10.2. The number of morpholine rings is 1. The molecule has 0 aromatic carbocycles. The van der Waals surface area contributed by atoms with Gasteiger partial charge in [-0.25, -0.2) is 10.0 Å². The summed E-state index contributed by atoms with van der Waals surface area (Å²) in [6.45, 7) is 6.13. The Labute approximate surface area is 79.8 Å². The molecule has 0 aromatic heterocycles. The summed E-state index contributed by atoms with van der Waals surface area (Å²) < 4.78 is 5.29. The Balaban J connectivity index is 1.69. The van der Waals surface area contributed by atoms with Crippen LogP contribution in [0.3, 0.4) is 0 Å². The van der Waals surface area contributed by atoms with Crippen molar-refractivity contribution in [1.29, 1.82) is 0 Å². The Morgan fingerprint density at radius 1 is 0.769 bits per heavy atom. The fraction of sp³-hybridized carbons (Fsp3) is 1.00. The number of hydrogen-bond acceptors (Lipinski definition) is 4. The maximum Gasteiger partial charge on any atom is 0.0608 e. The number of rotatable bonds is 2. The second kappa shape index (κ2) is 4.91. The molecule has 0 aromatic rings. The van der Waals surface area contributed by atoms with Crippen LogP contribution in [-0.2, 0) is 4.74 Å². The molecule has 2 saturated heterocycles. The van der Waals surface area contributed by atoms with E-state index in [1.807, 2.05) is 0 Å². The number of piperidine rings is 1. The lowest BCUT2D eigenvalue weighted by Crippen LogP contribution is -2.55. The van der Waals surface area contributed by atoms with Gasteiger partial charge < -0.3 is 4.74 Å². The van der Waals surface area contributed by atoms with Crippen molar-refractivity contribution in [2.24, 2.45) is 0 Å². The molecule has 2 heterocycles. The highest BCUT2D eigenvalue weighted by Gasteiger charge is 2.15. The minimum absolute atomic E-state index is 0.862. The Kier molecular flexibility index (Phi) is 3.55. The Morgan fingerprint density at radius 3 is 2.08 bits per heavy atom. The highest BCUT2D eigenvalue weighted by Crippen LogP contribution is 2.06. The van der Waals surface area contributed by atoms with Crippen LogP contribution in [0, 0.1) is 0 Å². The second-order valence-corrected chi connectivity index (χ2v) is 3.75. The predicted octanol–water partition coefficient (Wildman–Crippen LogP) is 0.224.